The maximum absolute atomic E-state index is 6.26. The van der Waals surface area contributed by atoms with Crippen molar-refractivity contribution in [2.45, 2.75) is 6.04 Å². The van der Waals surface area contributed by atoms with Crippen molar-refractivity contribution < 1.29 is 0 Å². The summed E-state index contributed by atoms with van der Waals surface area (Å²) in [6, 6.07) is 16.3. The minimum atomic E-state index is -0.0817. The number of nitrogens with two attached hydrogens (primary N) is 1. The quantitative estimate of drug-likeness (QED) is 0.771. The monoisotopic (exact) mass is 241 g/mol. The molecule has 0 spiro atoms. The molecular formula is C15H19N3. The van der Waals surface area contributed by atoms with Crippen molar-refractivity contribution in [1.29, 1.82) is 0 Å². The fourth-order valence-corrected chi connectivity index (χ4v) is 1.91. The summed E-state index contributed by atoms with van der Waals surface area (Å²) in [6.45, 7) is 0. The first-order chi connectivity index (χ1) is 8.74. The van der Waals surface area contributed by atoms with Crippen molar-refractivity contribution in [3.05, 3.63) is 59.7 Å². The molecule has 0 aliphatic heterocycles. The molecule has 0 amide bonds. The Morgan fingerprint density at radius 3 is 1.33 bits per heavy atom. The lowest BCUT2D eigenvalue weighted by Crippen LogP contribution is -2.11. The van der Waals surface area contributed by atoms with Gasteiger partial charge >= 0.3 is 0 Å². The Morgan fingerprint density at radius 2 is 1.06 bits per heavy atom. The van der Waals surface area contributed by atoms with Gasteiger partial charge in [0.1, 0.15) is 0 Å². The average Bonchev–Trinajstić information content (AvgIpc) is 2.47. The van der Waals surface area contributed by atoms with Crippen molar-refractivity contribution in [3.8, 4) is 0 Å². The lowest BCUT2D eigenvalue weighted by Gasteiger charge is -2.14. The molecule has 0 saturated heterocycles. The van der Waals surface area contributed by atoms with Crippen LogP contribution in [-0.4, -0.2) is 14.1 Å². The summed E-state index contributed by atoms with van der Waals surface area (Å²) in [7, 11) is 3.82. The van der Waals surface area contributed by atoms with Gasteiger partial charge in [-0.05, 0) is 35.4 Å². The SMILES string of the molecule is CNc1ccc(C(N)c2ccc(NC)cc2)cc1. The third-order valence-electron chi connectivity index (χ3n) is 3.12. The van der Waals surface area contributed by atoms with E-state index in [1.807, 2.05) is 38.4 Å². The Morgan fingerprint density at radius 1 is 0.722 bits per heavy atom. The highest BCUT2D eigenvalue weighted by Crippen LogP contribution is 2.22. The Hall–Kier alpha value is -2.00. The lowest BCUT2D eigenvalue weighted by molar-refractivity contribution is 0.872. The first kappa shape index (κ1) is 12.5. The standard InChI is InChI=1S/C15H19N3/c1-17-13-7-3-11(4-8-13)15(16)12-5-9-14(18-2)10-6-12/h3-10,15,17-18H,16H2,1-2H3. The fraction of sp³-hybridized carbons (Fsp3) is 0.200. The summed E-state index contributed by atoms with van der Waals surface area (Å²) in [6.07, 6.45) is 0. The third kappa shape index (κ3) is 2.63. The Kier molecular flexibility index (Phi) is 3.85. The molecule has 4 N–H and O–H groups in total. The van der Waals surface area contributed by atoms with Crippen LogP contribution >= 0.6 is 0 Å². The molecule has 2 aromatic carbocycles. The third-order valence-corrected chi connectivity index (χ3v) is 3.12. The summed E-state index contributed by atoms with van der Waals surface area (Å²) in [4.78, 5) is 0. The number of rotatable bonds is 4. The van der Waals surface area contributed by atoms with Gasteiger partial charge in [-0.15, -0.1) is 0 Å². The average molecular weight is 241 g/mol. The van der Waals surface area contributed by atoms with Gasteiger partial charge in [-0.3, -0.25) is 0 Å². The first-order valence-electron chi connectivity index (χ1n) is 6.05. The van der Waals surface area contributed by atoms with Crippen LogP contribution in [0.2, 0.25) is 0 Å². The lowest BCUT2D eigenvalue weighted by atomic mass is 9.99. The summed E-state index contributed by atoms with van der Waals surface area (Å²) in [5.41, 5.74) is 10.7. The highest BCUT2D eigenvalue weighted by atomic mass is 14.8. The summed E-state index contributed by atoms with van der Waals surface area (Å²) >= 11 is 0. The number of anilines is 2. The summed E-state index contributed by atoms with van der Waals surface area (Å²) in [5, 5.41) is 6.20. The van der Waals surface area contributed by atoms with E-state index in [1.165, 1.54) is 0 Å². The van der Waals surface area contributed by atoms with E-state index in [0.717, 1.165) is 22.5 Å². The van der Waals surface area contributed by atoms with Crippen LogP contribution in [0.5, 0.6) is 0 Å². The van der Waals surface area contributed by atoms with Crippen LogP contribution in [0.3, 0.4) is 0 Å². The maximum Gasteiger partial charge on any atom is 0.0551 e. The normalized spacial score (nSPS) is 10.4. The van der Waals surface area contributed by atoms with Crippen LogP contribution < -0.4 is 16.4 Å². The van der Waals surface area contributed by atoms with Gasteiger partial charge in [-0.25, -0.2) is 0 Å². The van der Waals surface area contributed by atoms with E-state index in [2.05, 4.69) is 34.9 Å². The molecule has 2 aromatic rings. The number of hydrogen-bond donors (Lipinski definition) is 3. The highest BCUT2D eigenvalue weighted by molar-refractivity contribution is 5.48. The Balaban J connectivity index is 2.20. The molecule has 0 aliphatic carbocycles. The van der Waals surface area contributed by atoms with Crippen molar-refractivity contribution >= 4 is 11.4 Å². The van der Waals surface area contributed by atoms with Crippen LogP contribution in [-0.2, 0) is 0 Å². The van der Waals surface area contributed by atoms with Crippen molar-refractivity contribution in [2.24, 2.45) is 5.73 Å². The van der Waals surface area contributed by atoms with E-state index in [9.17, 15) is 0 Å². The van der Waals surface area contributed by atoms with Gasteiger partial charge < -0.3 is 16.4 Å². The van der Waals surface area contributed by atoms with E-state index in [0.29, 0.717) is 0 Å². The van der Waals surface area contributed by atoms with Gasteiger partial charge in [0.25, 0.3) is 0 Å². The smallest absolute Gasteiger partial charge is 0.0551 e. The van der Waals surface area contributed by atoms with Crippen molar-refractivity contribution in [1.82, 2.24) is 0 Å². The molecule has 94 valence electrons. The second-order valence-corrected chi connectivity index (χ2v) is 4.22. The zero-order valence-electron chi connectivity index (χ0n) is 10.8. The molecule has 3 nitrogen and oxygen atoms in total. The fourth-order valence-electron chi connectivity index (χ4n) is 1.91. The van der Waals surface area contributed by atoms with Crippen LogP contribution in [0.4, 0.5) is 11.4 Å². The molecule has 18 heavy (non-hydrogen) atoms. The molecule has 0 heterocycles. The Labute approximate surface area is 108 Å². The molecule has 0 unspecified atom stereocenters. The molecule has 0 bridgehead atoms. The number of benzene rings is 2. The van der Waals surface area contributed by atoms with Crippen molar-refractivity contribution in [2.75, 3.05) is 24.7 Å². The molecule has 0 atom stereocenters. The van der Waals surface area contributed by atoms with Gasteiger partial charge in [0, 0.05) is 25.5 Å². The predicted molar refractivity (Wildman–Crippen MR) is 78.0 cm³/mol. The van der Waals surface area contributed by atoms with Gasteiger partial charge in [-0.2, -0.15) is 0 Å². The Bertz CT molecular complexity index is 441. The highest BCUT2D eigenvalue weighted by Gasteiger charge is 2.08. The van der Waals surface area contributed by atoms with Crippen LogP contribution in [0.25, 0.3) is 0 Å². The van der Waals surface area contributed by atoms with Gasteiger partial charge in [-0.1, -0.05) is 24.3 Å². The number of nitrogens with one attached hydrogen (secondary N) is 2. The molecule has 0 aromatic heterocycles. The molecular weight excluding hydrogens is 222 g/mol. The molecule has 3 heteroatoms. The molecule has 2 rings (SSSR count). The van der Waals surface area contributed by atoms with Crippen LogP contribution in [0.15, 0.2) is 48.5 Å². The van der Waals surface area contributed by atoms with Gasteiger partial charge in [0.05, 0.1) is 6.04 Å². The molecule has 0 saturated carbocycles. The van der Waals surface area contributed by atoms with E-state index >= 15 is 0 Å². The predicted octanol–water partition coefficient (Wildman–Crippen LogP) is 2.82. The van der Waals surface area contributed by atoms with E-state index in [1.54, 1.807) is 0 Å². The van der Waals surface area contributed by atoms with E-state index in [-0.39, 0.29) is 6.04 Å². The topological polar surface area (TPSA) is 50.1 Å². The summed E-state index contributed by atoms with van der Waals surface area (Å²) < 4.78 is 0. The van der Waals surface area contributed by atoms with Gasteiger partial charge in [0.2, 0.25) is 0 Å². The zero-order chi connectivity index (χ0) is 13.0. The van der Waals surface area contributed by atoms with Crippen LogP contribution in [0, 0.1) is 0 Å². The van der Waals surface area contributed by atoms with Crippen LogP contribution in [0.1, 0.15) is 17.2 Å². The molecule has 0 fully saturated rings. The number of hydrogen-bond acceptors (Lipinski definition) is 3. The maximum atomic E-state index is 6.26. The summed E-state index contributed by atoms with van der Waals surface area (Å²) in [5.74, 6) is 0. The van der Waals surface area contributed by atoms with Crippen molar-refractivity contribution in [3.63, 3.8) is 0 Å². The molecule has 0 radical (unpaired) electrons. The first-order valence-corrected chi connectivity index (χ1v) is 6.05. The second kappa shape index (κ2) is 5.56. The molecule has 0 aliphatic rings. The van der Waals surface area contributed by atoms with E-state index in [4.69, 9.17) is 5.73 Å². The zero-order valence-corrected chi connectivity index (χ0v) is 10.8. The minimum absolute atomic E-state index is 0.0817. The second-order valence-electron chi connectivity index (χ2n) is 4.22. The largest absolute Gasteiger partial charge is 0.388 e. The van der Waals surface area contributed by atoms with Gasteiger partial charge in [0.15, 0.2) is 0 Å². The minimum Gasteiger partial charge on any atom is -0.388 e. The van der Waals surface area contributed by atoms with E-state index < -0.39 is 0 Å².